The zero-order valence-corrected chi connectivity index (χ0v) is 12.4. The van der Waals surface area contributed by atoms with E-state index < -0.39 is 0 Å². The third-order valence-electron chi connectivity index (χ3n) is 2.42. The molecular weight excluding hydrogens is 276 g/mol. The van der Waals surface area contributed by atoms with Gasteiger partial charge in [0.05, 0.1) is 0 Å². The van der Waals surface area contributed by atoms with Gasteiger partial charge >= 0.3 is 0 Å². The monoisotopic (exact) mass is 296 g/mol. The van der Waals surface area contributed by atoms with Crippen molar-refractivity contribution < 1.29 is 14.3 Å². The number of benzene rings is 1. The lowest BCUT2D eigenvalue weighted by Gasteiger charge is -2.08. The zero-order chi connectivity index (χ0) is 14.8. The maximum atomic E-state index is 11.6. The first kappa shape index (κ1) is 16.4. The van der Waals surface area contributed by atoms with E-state index in [1.807, 2.05) is 6.92 Å². The summed E-state index contributed by atoms with van der Waals surface area (Å²) in [6, 6.07) is 7.06. The summed E-state index contributed by atoms with van der Waals surface area (Å²) in [6.45, 7) is 3.42. The summed E-state index contributed by atoms with van der Waals surface area (Å²) >= 11 is 4.72. The first-order valence-electron chi connectivity index (χ1n) is 6.50. The number of ether oxygens (including phenoxy) is 2. The fraction of sp³-hybridized carbons (Fsp3) is 0.429. The minimum absolute atomic E-state index is 0.0264. The fourth-order valence-electron chi connectivity index (χ4n) is 1.49. The number of hydrogen-bond acceptors (Lipinski definition) is 4. The quantitative estimate of drug-likeness (QED) is 0.539. The molecular formula is C14H20N2O3S. The molecule has 0 atom stereocenters. The first-order valence-corrected chi connectivity index (χ1v) is 6.91. The van der Waals surface area contributed by atoms with Crippen molar-refractivity contribution >= 4 is 28.8 Å². The Hall–Kier alpha value is -1.66. The summed E-state index contributed by atoms with van der Waals surface area (Å²) in [7, 11) is 0. The van der Waals surface area contributed by atoms with Crippen LogP contribution in [0.5, 0.6) is 5.75 Å². The van der Waals surface area contributed by atoms with Crippen molar-refractivity contribution in [3.8, 4) is 5.75 Å². The topological polar surface area (TPSA) is 73.6 Å². The number of carbonyl (C=O) groups is 1. The average molecular weight is 296 g/mol. The number of anilines is 1. The van der Waals surface area contributed by atoms with Crippen LogP contribution in [0.4, 0.5) is 5.69 Å². The summed E-state index contributed by atoms with van der Waals surface area (Å²) in [5.74, 6) is 0.633. The van der Waals surface area contributed by atoms with Gasteiger partial charge in [-0.25, -0.2) is 0 Å². The Morgan fingerprint density at radius 1 is 1.35 bits per heavy atom. The van der Waals surface area contributed by atoms with Crippen molar-refractivity contribution in [1.82, 2.24) is 0 Å². The second-order valence-electron chi connectivity index (χ2n) is 4.13. The number of rotatable bonds is 9. The summed E-state index contributed by atoms with van der Waals surface area (Å²) < 4.78 is 10.5. The lowest BCUT2D eigenvalue weighted by atomic mass is 10.2. The van der Waals surface area contributed by atoms with Gasteiger partial charge in [0.15, 0.2) is 0 Å². The van der Waals surface area contributed by atoms with Crippen molar-refractivity contribution in [2.45, 2.75) is 19.8 Å². The van der Waals surface area contributed by atoms with Crippen molar-refractivity contribution in [3.05, 3.63) is 24.3 Å². The minimum Gasteiger partial charge on any atom is -0.487 e. The van der Waals surface area contributed by atoms with Crippen molar-refractivity contribution in [2.75, 3.05) is 25.1 Å². The number of carbonyl (C=O) groups excluding carboxylic acids is 1. The molecule has 6 heteroatoms. The molecule has 3 N–H and O–H groups in total. The van der Waals surface area contributed by atoms with Gasteiger partial charge in [0.2, 0.25) is 5.91 Å². The number of thiocarbonyl (C=S) groups is 1. The van der Waals surface area contributed by atoms with E-state index in [1.54, 1.807) is 24.3 Å². The molecule has 1 aromatic carbocycles. The van der Waals surface area contributed by atoms with Crippen LogP contribution in [0, 0.1) is 0 Å². The van der Waals surface area contributed by atoms with Crippen LogP contribution in [0.2, 0.25) is 0 Å². The van der Waals surface area contributed by atoms with Crippen LogP contribution in [-0.2, 0) is 9.53 Å². The average Bonchev–Trinajstić information content (AvgIpc) is 2.43. The number of nitrogens with two attached hydrogens (primary N) is 1. The summed E-state index contributed by atoms with van der Waals surface area (Å²) in [6.07, 6.45) is 1.16. The van der Waals surface area contributed by atoms with Crippen LogP contribution in [0.1, 0.15) is 19.8 Å². The molecule has 0 aliphatic rings. The smallest absolute Gasteiger partial charge is 0.224 e. The molecule has 0 fully saturated rings. The van der Waals surface area contributed by atoms with Gasteiger partial charge in [0.1, 0.15) is 17.3 Å². The van der Waals surface area contributed by atoms with Gasteiger partial charge < -0.3 is 20.5 Å². The molecule has 110 valence electrons. The molecule has 0 unspecified atom stereocenters. The maximum absolute atomic E-state index is 11.6. The van der Waals surface area contributed by atoms with E-state index in [1.165, 1.54) is 0 Å². The molecule has 0 spiro atoms. The summed E-state index contributed by atoms with van der Waals surface area (Å²) in [5.41, 5.74) is 6.07. The molecule has 0 heterocycles. The number of amides is 1. The molecule has 1 amide bonds. The second-order valence-corrected chi connectivity index (χ2v) is 4.65. The van der Waals surface area contributed by atoms with E-state index in [4.69, 9.17) is 27.4 Å². The molecule has 0 radical (unpaired) electrons. The van der Waals surface area contributed by atoms with Crippen molar-refractivity contribution in [3.63, 3.8) is 0 Å². The molecule has 0 saturated carbocycles. The van der Waals surface area contributed by atoms with E-state index in [9.17, 15) is 4.79 Å². The molecule has 0 bridgehead atoms. The molecule has 1 rings (SSSR count). The predicted molar refractivity (Wildman–Crippen MR) is 83.1 cm³/mol. The molecule has 0 aromatic heterocycles. The second kappa shape index (κ2) is 9.28. The highest BCUT2D eigenvalue weighted by Crippen LogP contribution is 2.15. The molecule has 1 aromatic rings. The van der Waals surface area contributed by atoms with Gasteiger partial charge in [-0.05, 0) is 37.6 Å². The Morgan fingerprint density at radius 3 is 2.65 bits per heavy atom. The summed E-state index contributed by atoms with van der Waals surface area (Å²) in [4.78, 5) is 11.9. The highest BCUT2D eigenvalue weighted by Gasteiger charge is 2.02. The standard InChI is InChI=1S/C14H20N2O3S/c1-2-18-9-3-4-14(17)16-11-5-7-12(8-6-11)19-10-13(15)20/h5-8H,2-4,9-10H2,1H3,(H2,15,20)(H,16,17). The molecule has 0 saturated heterocycles. The van der Waals surface area contributed by atoms with E-state index in [0.717, 1.165) is 12.1 Å². The third kappa shape index (κ3) is 7.06. The first-order chi connectivity index (χ1) is 9.61. The van der Waals surface area contributed by atoms with Crippen LogP contribution in [0.15, 0.2) is 24.3 Å². The SMILES string of the molecule is CCOCCCC(=O)Nc1ccc(OCC(N)=S)cc1. The van der Waals surface area contributed by atoms with Gasteiger partial charge in [0.25, 0.3) is 0 Å². The highest BCUT2D eigenvalue weighted by molar-refractivity contribution is 7.80. The Balaban J connectivity index is 2.33. The van der Waals surface area contributed by atoms with E-state index in [2.05, 4.69) is 5.32 Å². The van der Waals surface area contributed by atoms with Crippen LogP contribution >= 0.6 is 12.2 Å². The van der Waals surface area contributed by atoms with Crippen LogP contribution in [-0.4, -0.2) is 30.7 Å². The van der Waals surface area contributed by atoms with Gasteiger partial charge in [-0.15, -0.1) is 0 Å². The normalized spacial score (nSPS) is 10.1. The minimum atomic E-state index is -0.0264. The molecule has 20 heavy (non-hydrogen) atoms. The highest BCUT2D eigenvalue weighted by atomic mass is 32.1. The van der Waals surface area contributed by atoms with Crippen LogP contribution in [0.25, 0.3) is 0 Å². The molecule has 0 aliphatic carbocycles. The van der Waals surface area contributed by atoms with E-state index >= 15 is 0 Å². The maximum Gasteiger partial charge on any atom is 0.224 e. The number of nitrogens with one attached hydrogen (secondary N) is 1. The Bertz CT molecular complexity index is 435. The Labute approximate surface area is 124 Å². The zero-order valence-electron chi connectivity index (χ0n) is 11.6. The van der Waals surface area contributed by atoms with Crippen LogP contribution < -0.4 is 15.8 Å². The third-order valence-corrected chi connectivity index (χ3v) is 2.53. The Kier molecular flexibility index (Phi) is 7.60. The Morgan fingerprint density at radius 2 is 2.05 bits per heavy atom. The van der Waals surface area contributed by atoms with Gasteiger partial charge in [-0.3, -0.25) is 4.79 Å². The van der Waals surface area contributed by atoms with E-state index in [-0.39, 0.29) is 12.5 Å². The van der Waals surface area contributed by atoms with Crippen molar-refractivity contribution in [2.24, 2.45) is 5.73 Å². The van der Waals surface area contributed by atoms with Gasteiger partial charge in [-0.1, -0.05) is 12.2 Å². The van der Waals surface area contributed by atoms with E-state index in [0.29, 0.717) is 30.4 Å². The number of hydrogen-bond donors (Lipinski definition) is 2. The fourth-order valence-corrected chi connectivity index (χ4v) is 1.55. The molecule has 5 nitrogen and oxygen atoms in total. The lowest BCUT2D eigenvalue weighted by molar-refractivity contribution is -0.116. The lowest BCUT2D eigenvalue weighted by Crippen LogP contribution is -2.17. The van der Waals surface area contributed by atoms with Gasteiger partial charge in [-0.2, -0.15) is 0 Å². The largest absolute Gasteiger partial charge is 0.487 e. The van der Waals surface area contributed by atoms with Gasteiger partial charge in [0, 0.05) is 25.3 Å². The van der Waals surface area contributed by atoms with Crippen LogP contribution in [0.3, 0.4) is 0 Å². The summed E-state index contributed by atoms with van der Waals surface area (Å²) in [5, 5.41) is 2.81. The molecule has 0 aliphatic heterocycles. The predicted octanol–water partition coefficient (Wildman–Crippen LogP) is 2.11. The van der Waals surface area contributed by atoms with Crippen molar-refractivity contribution in [1.29, 1.82) is 0 Å².